The van der Waals surface area contributed by atoms with Crippen LogP contribution < -0.4 is 0 Å². The van der Waals surface area contributed by atoms with Gasteiger partial charge in [-0.2, -0.15) is 0 Å². The molecule has 2 aliphatic rings. The first-order chi connectivity index (χ1) is 26.8. The van der Waals surface area contributed by atoms with E-state index in [0.717, 1.165) is 65.1 Å². The lowest BCUT2D eigenvalue weighted by molar-refractivity contribution is 0.0975. The number of Topliss-reactive ketones (excluding diaryl/α,β-unsaturated/α-hetero) is 4. The van der Waals surface area contributed by atoms with E-state index in [2.05, 4.69) is 4.57 Å². The van der Waals surface area contributed by atoms with E-state index in [1.807, 2.05) is 42.4 Å². The van der Waals surface area contributed by atoms with Crippen molar-refractivity contribution in [3.63, 3.8) is 0 Å². The molecule has 5 heterocycles. The van der Waals surface area contributed by atoms with Crippen molar-refractivity contribution in [3.8, 4) is 0 Å². The van der Waals surface area contributed by atoms with E-state index in [9.17, 15) is 36.7 Å². The Morgan fingerprint density at radius 2 is 0.732 bits per heavy atom. The summed E-state index contributed by atoms with van der Waals surface area (Å²) >= 11 is 3.18. The Morgan fingerprint density at radius 3 is 1.04 bits per heavy atom. The van der Waals surface area contributed by atoms with Crippen LogP contribution in [0.1, 0.15) is 52.8 Å². The molecule has 13 heteroatoms. The molecule has 0 amide bonds. The number of nitrogens with zero attached hydrogens (tertiary/aromatic N) is 3. The smallest absolute Gasteiger partial charge is 0.197 e. The number of fused-ring (bicyclic) bond motifs is 11. The van der Waals surface area contributed by atoms with Crippen LogP contribution in [0.4, 0.5) is 17.6 Å². The summed E-state index contributed by atoms with van der Waals surface area (Å²) in [5.74, 6) is -6.07. The van der Waals surface area contributed by atoms with Crippen molar-refractivity contribution in [1.82, 2.24) is 13.7 Å². The fourth-order valence-electron chi connectivity index (χ4n) is 8.43. The van der Waals surface area contributed by atoms with Crippen LogP contribution in [0.15, 0.2) is 71.8 Å². The monoisotopic (exact) mass is 783 g/mol. The van der Waals surface area contributed by atoms with Crippen LogP contribution in [0, 0.1) is 23.3 Å². The predicted octanol–water partition coefficient (Wildman–Crippen LogP) is 10.2. The number of ketones is 4. The molecule has 0 fully saturated rings. The van der Waals surface area contributed by atoms with E-state index >= 15 is 0 Å². The van der Waals surface area contributed by atoms with E-state index in [1.165, 1.54) is 24.3 Å². The molecule has 0 atom stereocenters. The van der Waals surface area contributed by atoms with Gasteiger partial charge in [0.1, 0.15) is 0 Å². The van der Waals surface area contributed by atoms with Gasteiger partial charge in [0, 0.05) is 54.8 Å². The standard InChI is InChI=1S/C43H21F4N3O4S2/c1-48-20(12-26-38(51)22-4-16-8-28(44)29(45)9-17(16)5-23(22)39(26)52)14-32-34(48)36-42(55-32)43-37(50(36)3)35-33(56-43)15-21(49(35)2)13-27-40(53)24-6-18-10-30(46)31(47)11-19(18)7-25(24)41(27)54/h4-15H,1-3H3. The Hall–Kier alpha value is -6.44. The molecule has 0 spiro atoms. The molecule has 11 rings (SSSR count). The maximum absolute atomic E-state index is 14.0. The van der Waals surface area contributed by atoms with Crippen LogP contribution in [-0.2, 0) is 21.1 Å². The van der Waals surface area contributed by atoms with Crippen LogP contribution in [-0.4, -0.2) is 36.8 Å². The second kappa shape index (κ2) is 10.9. The van der Waals surface area contributed by atoms with Gasteiger partial charge < -0.3 is 13.7 Å². The topological polar surface area (TPSA) is 83.1 Å². The largest absolute Gasteiger partial charge is 0.342 e. The lowest BCUT2D eigenvalue weighted by Crippen LogP contribution is -2.02. The van der Waals surface area contributed by atoms with E-state index < -0.39 is 46.4 Å². The molecule has 0 saturated carbocycles. The van der Waals surface area contributed by atoms with Gasteiger partial charge in [0.15, 0.2) is 46.4 Å². The molecule has 2 aliphatic carbocycles. The van der Waals surface area contributed by atoms with E-state index in [0.29, 0.717) is 32.9 Å². The highest BCUT2D eigenvalue weighted by Crippen LogP contribution is 2.48. The van der Waals surface area contributed by atoms with E-state index in [-0.39, 0.29) is 33.4 Å². The van der Waals surface area contributed by atoms with Crippen molar-refractivity contribution in [3.05, 3.63) is 129 Å². The van der Waals surface area contributed by atoms with E-state index in [1.54, 1.807) is 34.8 Å². The van der Waals surface area contributed by atoms with Gasteiger partial charge in [-0.3, -0.25) is 19.2 Å². The number of thiophene rings is 2. The van der Waals surface area contributed by atoms with Gasteiger partial charge in [0.2, 0.25) is 0 Å². The normalized spacial score (nSPS) is 14.4. The number of allylic oxidation sites excluding steroid dienone is 2. The van der Waals surface area contributed by atoms with Crippen LogP contribution >= 0.6 is 22.7 Å². The van der Waals surface area contributed by atoms with Crippen molar-refractivity contribution in [2.45, 2.75) is 0 Å². The highest BCUT2D eigenvalue weighted by molar-refractivity contribution is 7.33. The lowest BCUT2D eigenvalue weighted by atomic mass is 10.0. The third kappa shape index (κ3) is 4.15. The summed E-state index contributed by atoms with van der Waals surface area (Å²) in [6.07, 6.45) is 3.14. The van der Waals surface area contributed by atoms with Crippen molar-refractivity contribution >= 4 is 120 Å². The van der Waals surface area contributed by atoms with Gasteiger partial charge in [-0.15, -0.1) is 22.7 Å². The number of carbonyl (C=O) groups is 4. The minimum absolute atomic E-state index is 0.0285. The minimum Gasteiger partial charge on any atom is -0.342 e. The number of rotatable bonds is 2. The quantitative estimate of drug-likeness (QED) is 0.0993. The summed E-state index contributed by atoms with van der Waals surface area (Å²) < 4.78 is 65.8. The average Bonchev–Trinajstić information content (AvgIpc) is 3.99. The van der Waals surface area contributed by atoms with Crippen molar-refractivity contribution < 1.29 is 36.7 Å². The highest BCUT2D eigenvalue weighted by atomic mass is 32.1. The maximum atomic E-state index is 14.0. The number of halogens is 4. The Labute approximate surface area is 319 Å². The maximum Gasteiger partial charge on any atom is 0.197 e. The SMILES string of the molecule is Cn1c(C=C2C(=O)c3cc4cc(F)c(F)cc4cc3C2=O)cc2sc3c4sc5cc(C=C6C(=O)c7cc8cc(F)c(F)cc8cc7C6=O)n(C)c5c4n(C)c3c21. The summed E-state index contributed by atoms with van der Waals surface area (Å²) in [5, 5.41) is 1.29. The van der Waals surface area contributed by atoms with Crippen molar-refractivity contribution in [2.24, 2.45) is 21.1 Å². The molecule has 7 nitrogen and oxygen atoms in total. The summed E-state index contributed by atoms with van der Waals surface area (Å²) in [6, 6.07) is 13.7. The highest BCUT2D eigenvalue weighted by Gasteiger charge is 2.36. The summed E-state index contributed by atoms with van der Waals surface area (Å²) in [4.78, 5) is 54.1. The fraction of sp³-hybridized carbons (Fsp3) is 0.0698. The molecule has 0 aliphatic heterocycles. The van der Waals surface area contributed by atoms with Crippen LogP contribution in [0.25, 0.3) is 74.6 Å². The zero-order valence-electron chi connectivity index (χ0n) is 29.2. The first-order valence-electron chi connectivity index (χ1n) is 17.3. The second-order valence-corrected chi connectivity index (χ2v) is 16.4. The summed E-state index contributed by atoms with van der Waals surface area (Å²) in [6.45, 7) is 0. The molecule has 0 saturated heterocycles. The summed E-state index contributed by atoms with van der Waals surface area (Å²) in [7, 11) is 5.70. The Bertz CT molecular complexity index is 3180. The van der Waals surface area contributed by atoms with Gasteiger partial charge in [-0.1, -0.05) is 0 Å². The molecule has 0 radical (unpaired) electrons. The molecule has 0 bridgehead atoms. The first kappa shape index (κ1) is 32.9. The molecule has 0 unspecified atom stereocenters. The molecule has 0 N–H and O–H groups in total. The predicted molar refractivity (Wildman–Crippen MR) is 210 cm³/mol. The summed E-state index contributed by atoms with van der Waals surface area (Å²) in [5.41, 5.74) is 5.55. The van der Waals surface area contributed by atoms with Crippen LogP contribution in [0.2, 0.25) is 0 Å². The van der Waals surface area contributed by atoms with Gasteiger partial charge in [-0.25, -0.2) is 17.6 Å². The van der Waals surface area contributed by atoms with Crippen LogP contribution in [0.5, 0.6) is 0 Å². The molecular formula is C43H21F4N3O4S2. The van der Waals surface area contributed by atoms with Gasteiger partial charge in [0.05, 0.1) is 52.0 Å². The Kier molecular flexibility index (Phi) is 6.39. The zero-order valence-corrected chi connectivity index (χ0v) is 30.9. The fourth-order valence-corrected chi connectivity index (χ4v) is 11.2. The minimum atomic E-state index is -1.04. The van der Waals surface area contributed by atoms with Gasteiger partial charge in [0.25, 0.3) is 0 Å². The van der Waals surface area contributed by atoms with Gasteiger partial charge >= 0.3 is 0 Å². The molecule has 4 aromatic carbocycles. The molecule has 56 heavy (non-hydrogen) atoms. The third-order valence-corrected chi connectivity index (χ3v) is 13.6. The van der Waals surface area contributed by atoms with Crippen molar-refractivity contribution in [2.75, 3.05) is 0 Å². The van der Waals surface area contributed by atoms with E-state index in [4.69, 9.17) is 0 Å². The number of hydrogen-bond acceptors (Lipinski definition) is 6. The average molecular weight is 784 g/mol. The lowest BCUT2D eigenvalue weighted by Gasteiger charge is -2.04. The second-order valence-electron chi connectivity index (χ2n) is 14.3. The Morgan fingerprint density at radius 1 is 0.429 bits per heavy atom. The zero-order chi connectivity index (χ0) is 38.8. The number of hydrogen-bond donors (Lipinski definition) is 0. The number of benzene rings is 4. The number of carbonyl (C=O) groups excluding carboxylic acids is 4. The molecule has 272 valence electrons. The number of aromatic nitrogens is 3. The molecular weight excluding hydrogens is 763 g/mol. The van der Waals surface area contributed by atoms with Crippen LogP contribution in [0.3, 0.4) is 0 Å². The van der Waals surface area contributed by atoms with Crippen molar-refractivity contribution in [1.29, 1.82) is 0 Å². The Balaban J connectivity index is 0.993. The first-order valence-corrected chi connectivity index (χ1v) is 18.9. The molecule has 5 aromatic heterocycles. The van der Waals surface area contributed by atoms with Gasteiger partial charge in [-0.05, 0) is 94.4 Å². The third-order valence-electron chi connectivity index (χ3n) is 11.2. The number of aryl methyl sites for hydroxylation is 3. The molecule has 9 aromatic rings.